The van der Waals surface area contributed by atoms with Gasteiger partial charge in [-0.3, -0.25) is 4.79 Å². The molecule has 0 radical (unpaired) electrons. The van der Waals surface area contributed by atoms with Crippen LogP contribution in [0.25, 0.3) is 22.3 Å². The molecule has 2 aliphatic heterocycles. The summed E-state index contributed by atoms with van der Waals surface area (Å²) in [6.07, 6.45) is 0.0927. The van der Waals surface area contributed by atoms with Gasteiger partial charge in [-0.15, -0.1) is 0 Å². The lowest BCUT2D eigenvalue weighted by Crippen LogP contribution is -2.44. The Bertz CT molecular complexity index is 1280. The first-order chi connectivity index (χ1) is 13.9. The lowest BCUT2D eigenvalue weighted by atomic mass is 9.86. The van der Waals surface area contributed by atoms with E-state index < -0.39 is 11.6 Å². The van der Waals surface area contributed by atoms with Gasteiger partial charge in [0, 0.05) is 28.6 Å². The van der Waals surface area contributed by atoms with Gasteiger partial charge in [-0.05, 0) is 24.6 Å². The molecule has 0 aliphatic carbocycles. The number of cyclic esters (lactones) is 1. The normalized spacial score (nSPS) is 19.6. The summed E-state index contributed by atoms with van der Waals surface area (Å²) in [7, 11) is 0. The highest BCUT2D eigenvalue weighted by molar-refractivity contribution is 5.90. The Morgan fingerprint density at radius 2 is 2.10 bits per heavy atom. The topological polar surface area (TPSA) is 128 Å². The number of aromatic hydroxyl groups is 1. The minimum absolute atomic E-state index is 0.0854. The summed E-state index contributed by atoms with van der Waals surface area (Å²) in [5, 5.41) is 21.9. The molecule has 0 fully saturated rings. The highest BCUT2D eigenvalue weighted by Gasteiger charge is 2.45. The van der Waals surface area contributed by atoms with Gasteiger partial charge in [0.15, 0.2) is 5.60 Å². The van der Waals surface area contributed by atoms with Crippen LogP contribution in [-0.4, -0.2) is 25.7 Å². The van der Waals surface area contributed by atoms with Gasteiger partial charge in [0.2, 0.25) is 0 Å². The largest absolute Gasteiger partial charge is 0.507 e. The van der Waals surface area contributed by atoms with Crippen molar-refractivity contribution in [3.8, 4) is 17.1 Å². The maximum absolute atomic E-state index is 13.1. The average molecular weight is 393 g/mol. The number of fused-ring (bicyclic) bond motifs is 5. The van der Waals surface area contributed by atoms with Crippen molar-refractivity contribution >= 4 is 16.9 Å². The van der Waals surface area contributed by atoms with E-state index in [1.54, 1.807) is 29.7 Å². The summed E-state index contributed by atoms with van der Waals surface area (Å²) in [5.41, 5.74) is 7.16. The molecule has 0 saturated carbocycles. The predicted octanol–water partition coefficient (Wildman–Crippen LogP) is 1.24. The fraction of sp³-hybridized carbons (Fsp3) is 0.286. The second-order valence-corrected chi connectivity index (χ2v) is 7.44. The number of carbonyl (C=O) groups excluding carboxylic acids is 1. The van der Waals surface area contributed by atoms with Crippen LogP contribution < -0.4 is 11.3 Å². The number of rotatable bonds is 2. The number of nitrogens with two attached hydrogens (primary N) is 1. The second-order valence-electron chi connectivity index (χ2n) is 7.44. The first kappa shape index (κ1) is 17.8. The van der Waals surface area contributed by atoms with Crippen molar-refractivity contribution < 1.29 is 19.7 Å². The molecule has 1 aromatic carbocycles. The maximum Gasteiger partial charge on any atom is 0.343 e. The number of nitrogens with zero attached hydrogens (tertiary/aromatic N) is 2. The third-order valence-corrected chi connectivity index (χ3v) is 5.97. The number of phenols is 1. The van der Waals surface area contributed by atoms with Crippen LogP contribution in [0.3, 0.4) is 0 Å². The summed E-state index contributed by atoms with van der Waals surface area (Å²) >= 11 is 0. The average Bonchev–Trinajstić information content (AvgIpc) is 3.08. The molecule has 8 heteroatoms. The molecule has 0 bridgehead atoms. The maximum atomic E-state index is 13.1. The molecule has 2 aromatic heterocycles. The molecule has 4 heterocycles. The number of benzene rings is 1. The molecule has 1 atom stereocenters. The SMILES string of the molecule is CC[C@@]1(O)C(=O)OCc2c1cc1n(c2=O)Cc2cc3c(O)c(CN)ccc3nc2-1. The van der Waals surface area contributed by atoms with E-state index in [-0.39, 0.29) is 48.6 Å². The van der Waals surface area contributed by atoms with Gasteiger partial charge in [0.25, 0.3) is 5.56 Å². The quantitative estimate of drug-likeness (QED) is 0.437. The van der Waals surface area contributed by atoms with E-state index in [9.17, 15) is 19.8 Å². The van der Waals surface area contributed by atoms with Crippen LogP contribution in [0.1, 0.15) is 35.6 Å². The molecule has 3 aromatic rings. The zero-order valence-electron chi connectivity index (χ0n) is 15.7. The Morgan fingerprint density at radius 3 is 2.83 bits per heavy atom. The van der Waals surface area contributed by atoms with E-state index in [0.29, 0.717) is 27.9 Å². The van der Waals surface area contributed by atoms with Gasteiger partial charge in [0.05, 0.1) is 29.0 Å². The molecule has 148 valence electrons. The molecule has 0 saturated heterocycles. The van der Waals surface area contributed by atoms with Crippen LogP contribution in [-0.2, 0) is 34.8 Å². The van der Waals surface area contributed by atoms with Gasteiger partial charge in [-0.25, -0.2) is 9.78 Å². The monoisotopic (exact) mass is 393 g/mol. The van der Waals surface area contributed by atoms with Crippen LogP contribution in [0.15, 0.2) is 29.1 Å². The summed E-state index contributed by atoms with van der Waals surface area (Å²) < 4.78 is 6.63. The highest BCUT2D eigenvalue weighted by atomic mass is 16.6. The summed E-state index contributed by atoms with van der Waals surface area (Å²) in [5.74, 6) is -0.664. The van der Waals surface area contributed by atoms with E-state index in [0.717, 1.165) is 5.56 Å². The standard InChI is InChI=1S/C21H19N3O5/c1-2-21(28)14-6-16-17-11(8-24(16)19(26)13(14)9-29-20(21)27)5-12-15(23-17)4-3-10(7-22)18(12)25/h3-6,25,28H,2,7-9,22H2,1H3/t21-/m0/s1. The van der Waals surface area contributed by atoms with Crippen molar-refractivity contribution in [3.05, 3.63) is 56.9 Å². The third-order valence-electron chi connectivity index (χ3n) is 5.97. The number of aliphatic hydroxyl groups is 1. The Labute approximate surface area is 165 Å². The first-order valence-electron chi connectivity index (χ1n) is 9.40. The number of carbonyl (C=O) groups is 1. The Hall–Kier alpha value is -3.23. The van der Waals surface area contributed by atoms with Gasteiger partial charge in [-0.1, -0.05) is 13.0 Å². The van der Waals surface area contributed by atoms with Gasteiger partial charge >= 0.3 is 5.97 Å². The number of aromatic nitrogens is 2. The lowest BCUT2D eigenvalue weighted by molar-refractivity contribution is -0.172. The van der Waals surface area contributed by atoms with Crippen molar-refractivity contribution in [2.75, 3.05) is 0 Å². The summed E-state index contributed by atoms with van der Waals surface area (Å²) in [6, 6.07) is 6.97. The van der Waals surface area contributed by atoms with Crippen molar-refractivity contribution in [2.45, 2.75) is 38.6 Å². The zero-order chi connectivity index (χ0) is 20.5. The van der Waals surface area contributed by atoms with Crippen molar-refractivity contribution in [1.82, 2.24) is 9.55 Å². The van der Waals surface area contributed by atoms with Crippen LogP contribution >= 0.6 is 0 Å². The Balaban J connectivity index is 1.78. The molecule has 0 spiro atoms. The highest BCUT2D eigenvalue weighted by Crippen LogP contribution is 2.39. The van der Waals surface area contributed by atoms with Gasteiger partial charge < -0.3 is 25.3 Å². The number of esters is 1. The number of hydrogen-bond donors (Lipinski definition) is 3. The van der Waals surface area contributed by atoms with Crippen LogP contribution in [0.4, 0.5) is 0 Å². The third kappa shape index (κ3) is 2.24. The minimum Gasteiger partial charge on any atom is -0.507 e. The van der Waals surface area contributed by atoms with Gasteiger partial charge in [0.1, 0.15) is 12.4 Å². The Kier molecular flexibility index (Phi) is 3.62. The Morgan fingerprint density at radius 1 is 1.31 bits per heavy atom. The molecular formula is C21H19N3O5. The fourth-order valence-corrected chi connectivity index (χ4v) is 4.25. The van der Waals surface area contributed by atoms with E-state index >= 15 is 0 Å². The van der Waals surface area contributed by atoms with Gasteiger partial charge in [-0.2, -0.15) is 0 Å². The predicted molar refractivity (Wildman–Crippen MR) is 104 cm³/mol. The number of phenolic OH excluding ortho intramolecular Hbond substituents is 1. The van der Waals surface area contributed by atoms with Crippen molar-refractivity contribution in [3.63, 3.8) is 0 Å². The fourth-order valence-electron chi connectivity index (χ4n) is 4.25. The summed E-state index contributed by atoms with van der Waals surface area (Å²) in [6.45, 7) is 1.99. The molecule has 0 amide bonds. The minimum atomic E-state index is -1.85. The van der Waals surface area contributed by atoms with Crippen LogP contribution in [0.2, 0.25) is 0 Å². The number of pyridine rings is 2. The molecule has 2 aliphatic rings. The molecule has 29 heavy (non-hydrogen) atoms. The number of ether oxygens (including phenoxy) is 1. The van der Waals surface area contributed by atoms with E-state index in [1.165, 1.54) is 0 Å². The lowest BCUT2D eigenvalue weighted by Gasteiger charge is -2.31. The second kappa shape index (κ2) is 5.88. The van der Waals surface area contributed by atoms with Crippen LogP contribution in [0, 0.1) is 0 Å². The number of hydrogen-bond acceptors (Lipinski definition) is 7. The molecule has 4 N–H and O–H groups in total. The summed E-state index contributed by atoms with van der Waals surface area (Å²) in [4.78, 5) is 30.0. The van der Waals surface area contributed by atoms with E-state index in [2.05, 4.69) is 4.98 Å². The van der Waals surface area contributed by atoms with E-state index in [1.807, 2.05) is 6.07 Å². The zero-order valence-corrected chi connectivity index (χ0v) is 15.7. The molecule has 8 nitrogen and oxygen atoms in total. The van der Waals surface area contributed by atoms with Crippen molar-refractivity contribution in [1.29, 1.82) is 0 Å². The first-order valence-corrected chi connectivity index (χ1v) is 9.40. The van der Waals surface area contributed by atoms with Crippen molar-refractivity contribution in [2.24, 2.45) is 5.73 Å². The molecule has 5 rings (SSSR count). The molecular weight excluding hydrogens is 374 g/mol. The van der Waals surface area contributed by atoms with Crippen LogP contribution in [0.5, 0.6) is 5.75 Å². The smallest absolute Gasteiger partial charge is 0.343 e. The van der Waals surface area contributed by atoms with E-state index in [4.69, 9.17) is 10.5 Å². The molecule has 0 unspecified atom stereocenters.